The number of rotatable bonds is 6. The van der Waals surface area contributed by atoms with E-state index >= 15 is 0 Å². The number of ether oxygens (including phenoxy) is 1. The quantitative estimate of drug-likeness (QED) is 0.833. The number of aryl methyl sites for hydroxylation is 1. The van der Waals surface area contributed by atoms with Crippen molar-refractivity contribution in [2.75, 3.05) is 7.11 Å². The number of nitrogens with zero attached hydrogens (tertiary/aromatic N) is 1. The Morgan fingerprint density at radius 1 is 1.56 bits per heavy atom. The molecule has 0 bridgehead atoms. The van der Waals surface area contributed by atoms with Crippen LogP contribution in [-0.2, 0) is 22.6 Å². The molecule has 1 N–H and O–H groups in total. The molecule has 0 saturated carbocycles. The van der Waals surface area contributed by atoms with E-state index in [9.17, 15) is 4.79 Å². The first-order valence-electron chi connectivity index (χ1n) is 5.23. The van der Waals surface area contributed by atoms with Crippen molar-refractivity contribution in [2.45, 2.75) is 39.2 Å². The average Bonchev–Trinajstić information content (AvgIpc) is 2.59. The van der Waals surface area contributed by atoms with Crippen LogP contribution in [0, 0.1) is 0 Å². The van der Waals surface area contributed by atoms with Crippen LogP contribution < -0.4 is 0 Å². The molecule has 0 fully saturated rings. The highest BCUT2D eigenvalue weighted by Crippen LogP contribution is 2.26. The second kappa shape index (κ2) is 5.96. The Labute approximate surface area is 99.3 Å². The minimum absolute atomic E-state index is 0.161. The number of hydrogen-bond acceptors (Lipinski definition) is 4. The van der Waals surface area contributed by atoms with Crippen molar-refractivity contribution >= 4 is 17.3 Å². The Morgan fingerprint density at radius 3 is 2.75 bits per heavy atom. The summed E-state index contributed by atoms with van der Waals surface area (Å²) in [6.07, 6.45) is 0.721. The summed E-state index contributed by atoms with van der Waals surface area (Å²) in [6.45, 7) is 4.63. The summed E-state index contributed by atoms with van der Waals surface area (Å²) in [6, 6.07) is 0. The molecule has 0 unspecified atom stereocenters. The van der Waals surface area contributed by atoms with Gasteiger partial charge in [-0.05, 0) is 12.3 Å². The fourth-order valence-corrected chi connectivity index (χ4v) is 2.65. The molecule has 0 spiro atoms. The number of thiazole rings is 1. The van der Waals surface area contributed by atoms with Gasteiger partial charge in [0.15, 0.2) is 0 Å². The lowest BCUT2D eigenvalue weighted by Crippen LogP contribution is -1.99. The molecule has 90 valence electrons. The Balaban J connectivity index is 2.82. The van der Waals surface area contributed by atoms with Gasteiger partial charge >= 0.3 is 5.97 Å². The number of carbonyl (C=O) groups is 1. The van der Waals surface area contributed by atoms with Crippen LogP contribution in [-0.4, -0.2) is 23.2 Å². The zero-order valence-electron chi connectivity index (χ0n) is 9.82. The van der Waals surface area contributed by atoms with E-state index in [-0.39, 0.29) is 6.42 Å². The number of hydrogen-bond donors (Lipinski definition) is 1. The molecule has 16 heavy (non-hydrogen) atoms. The summed E-state index contributed by atoms with van der Waals surface area (Å²) in [5.74, 6) is -0.443. The summed E-state index contributed by atoms with van der Waals surface area (Å²) in [7, 11) is 1.63. The molecule has 0 aliphatic rings. The van der Waals surface area contributed by atoms with Crippen LogP contribution >= 0.6 is 11.3 Å². The minimum atomic E-state index is -0.767. The second-order valence-corrected chi connectivity index (χ2v) is 5.07. The topological polar surface area (TPSA) is 59.4 Å². The molecule has 1 aromatic rings. The normalized spacial score (nSPS) is 11.0. The summed E-state index contributed by atoms with van der Waals surface area (Å²) in [5.41, 5.74) is 1.01. The van der Waals surface area contributed by atoms with Crippen molar-refractivity contribution in [3.63, 3.8) is 0 Å². The van der Waals surface area contributed by atoms with Crippen molar-refractivity contribution in [1.29, 1.82) is 0 Å². The predicted molar refractivity (Wildman–Crippen MR) is 62.9 cm³/mol. The van der Waals surface area contributed by atoms with Gasteiger partial charge in [-0.2, -0.15) is 0 Å². The van der Waals surface area contributed by atoms with Gasteiger partial charge in [0.05, 0.1) is 18.7 Å². The molecule has 1 rings (SSSR count). The van der Waals surface area contributed by atoms with E-state index in [0.29, 0.717) is 18.9 Å². The van der Waals surface area contributed by atoms with E-state index < -0.39 is 5.97 Å². The van der Waals surface area contributed by atoms with E-state index in [0.717, 1.165) is 15.6 Å². The molecule has 0 radical (unpaired) electrons. The molecular formula is C11H17NO3S. The fourth-order valence-electron chi connectivity index (χ4n) is 1.45. The first-order valence-corrected chi connectivity index (χ1v) is 6.05. The maximum absolute atomic E-state index is 10.5. The zero-order valence-corrected chi connectivity index (χ0v) is 10.6. The first kappa shape index (κ1) is 13.1. The molecule has 1 heterocycles. The monoisotopic (exact) mass is 243 g/mol. The number of carboxylic acids is 1. The molecule has 0 aromatic carbocycles. The summed E-state index contributed by atoms with van der Waals surface area (Å²) in [5, 5.41) is 9.60. The fraction of sp³-hybridized carbons (Fsp3) is 0.636. The lowest BCUT2D eigenvalue weighted by molar-refractivity contribution is -0.136. The molecule has 5 heteroatoms. The molecule has 0 atom stereocenters. The second-order valence-electron chi connectivity index (χ2n) is 3.90. The molecule has 0 aliphatic heterocycles. The highest BCUT2D eigenvalue weighted by atomic mass is 32.1. The summed E-state index contributed by atoms with van der Waals surface area (Å²) in [4.78, 5) is 16.1. The van der Waals surface area contributed by atoms with Crippen LogP contribution in [0.1, 0.15) is 41.8 Å². The maximum Gasteiger partial charge on any atom is 0.303 e. The van der Waals surface area contributed by atoms with Gasteiger partial charge in [-0.25, -0.2) is 4.98 Å². The van der Waals surface area contributed by atoms with E-state index in [1.54, 1.807) is 18.4 Å². The zero-order chi connectivity index (χ0) is 12.1. The van der Waals surface area contributed by atoms with Gasteiger partial charge < -0.3 is 9.84 Å². The van der Waals surface area contributed by atoms with Crippen molar-refractivity contribution in [2.24, 2.45) is 0 Å². The lowest BCUT2D eigenvalue weighted by atomic mass is 10.1. The van der Waals surface area contributed by atoms with Crippen molar-refractivity contribution < 1.29 is 14.6 Å². The Kier molecular flexibility index (Phi) is 4.89. The van der Waals surface area contributed by atoms with Crippen molar-refractivity contribution in [3.8, 4) is 0 Å². The lowest BCUT2D eigenvalue weighted by Gasteiger charge is -2.03. The van der Waals surface area contributed by atoms with Gasteiger partial charge in [0, 0.05) is 12.0 Å². The van der Waals surface area contributed by atoms with Crippen LogP contribution in [0.25, 0.3) is 0 Å². The van der Waals surface area contributed by atoms with Crippen LogP contribution in [0.3, 0.4) is 0 Å². The maximum atomic E-state index is 10.5. The Bertz CT molecular complexity index is 360. The SMILES string of the molecule is COCc1nc(C(C)C)c(CCC(=O)O)s1. The highest BCUT2D eigenvalue weighted by molar-refractivity contribution is 7.11. The van der Waals surface area contributed by atoms with Gasteiger partial charge in [-0.1, -0.05) is 13.8 Å². The third-order valence-corrected chi connectivity index (χ3v) is 3.26. The van der Waals surface area contributed by atoms with E-state index in [1.165, 1.54) is 0 Å². The predicted octanol–water partition coefficient (Wildman–Crippen LogP) is 2.43. The average molecular weight is 243 g/mol. The molecule has 4 nitrogen and oxygen atoms in total. The highest BCUT2D eigenvalue weighted by Gasteiger charge is 2.14. The van der Waals surface area contributed by atoms with Gasteiger partial charge in [0.25, 0.3) is 0 Å². The van der Waals surface area contributed by atoms with Crippen molar-refractivity contribution in [1.82, 2.24) is 4.98 Å². The van der Waals surface area contributed by atoms with Crippen LogP contribution in [0.2, 0.25) is 0 Å². The first-order chi connectivity index (χ1) is 7.54. The Morgan fingerprint density at radius 2 is 2.25 bits per heavy atom. The smallest absolute Gasteiger partial charge is 0.303 e. The number of methoxy groups -OCH3 is 1. The number of aliphatic carboxylic acids is 1. The Hall–Kier alpha value is -0.940. The van der Waals surface area contributed by atoms with Crippen LogP contribution in [0.5, 0.6) is 0 Å². The van der Waals surface area contributed by atoms with Gasteiger partial charge in [0.1, 0.15) is 5.01 Å². The summed E-state index contributed by atoms with van der Waals surface area (Å²) >= 11 is 1.55. The standard InChI is InChI=1S/C11H17NO3S/c1-7(2)11-8(4-5-10(13)14)16-9(12-11)6-15-3/h7H,4-6H2,1-3H3,(H,13,14). The van der Waals surface area contributed by atoms with Crippen LogP contribution in [0.15, 0.2) is 0 Å². The third-order valence-electron chi connectivity index (χ3n) is 2.15. The van der Waals surface area contributed by atoms with Crippen molar-refractivity contribution in [3.05, 3.63) is 15.6 Å². The van der Waals surface area contributed by atoms with Crippen LogP contribution in [0.4, 0.5) is 0 Å². The molecule has 0 saturated heterocycles. The molecular weight excluding hydrogens is 226 g/mol. The molecule has 1 aromatic heterocycles. The third kappa shape index (κ3) is 3.57. The largest absolute Gasteiger partial charge is 0.481 e. The number of aromatic nitrogens is 1. The van der Waals surface area contributed by atoms with E-state index in [4.69, 9.17) is 9.84 Å². The van der Waals surface area contributed by atoms with E-state index in [2.05, 4.69) is 18.8 Å². The molecule has 0 aliphatic carbocycles. The summed E-state index contributed by atoms with van der Waals surface area (Å²) < 4.78 is 5.03. The van der Waals surface area contributed by atoms with Gasteiger partial charge in [-0.3, -0.25) is 4.79 Å². The number of carboxylic acid groups (broad SMARTS) is 1. The van der Waals surface area contributed by atoms with E-state index in [1.807, 2.05) is 0 Å². The minimum Gasteiger partial charge on any atom is -0.481 e. The van der Waals surface area contributed by atoms with Gasteiger partial charge in [0.2, 0.25) is 0 Å². The molecule has 0 amide bonds. The van der Waals surface area contributed by atoms with Gasteiger partial charge in [-0.15, -0.1) is 11.3 Å².